The molecule has 0 aliphatic carbocycles. The molecular formula is C36H26N2S. The van der Waals surface area contributed by atoms with Gasteiger partial charge in [-0.2, -0.15) is 0 Å². The number of aromatic nitrogens is 2. The zero-order chi connectivity index (χ0) is 26.3. The largest absolute Gasteiger partial charge is 0.309 e. The third-order valence-electron chi connectivity index (χ3n) is 7.42. The van der Waals surface area contributed by atoms with Gasteiger partial charge in [0.05, 0.1) is 15.7 Å². The van der Waals surface area contributed by atoms with Gasteiger partial charge in [0, 0.05) is 44.3 Å². The molecule has 7 rings (SSSR count). The fraction of sp³-hybridized carbons (Fsp3) is 0.0278. The third kappa shape index (κ3) is 3.91. The highest BCUT2D eigenvalue weighted by atomic mass is 32.1. The lowest BCUT2D eigenvalue weighted by atomic mass is 9.98. The molecule has 0 N–H and O–H groups in total. The summed E-state index contributed by atoms with van der Waals surface area (Å²) in [5.74, 6) is 0. The van der Waals surface area contributed by atoms with E-state index in [9.17, 15) is 0 Å². The summed E-state index contributed by atoms with van der Waals surface area (Å²) < 4.78 is 4.86. The van der Waals surface area contributed by atoms with E-state index in [1.165, 1.54) is 64.2 Å². The van der Waals surface area contributed by atoms with Gasteiger partial charge in [-0.05, 0) is 65.6 Å². The fourth-order valence-corrected chi connectivity index (χ4v) is 6.83. The number of allylic oxidation sites excluding steroid dienone is 5. The summed E-state index contributed by atoms with van der Waals surface area (Å²) in [5.41, 5.74) is 8.34. The van der Waals surface area contributed by atoms with E-state index in [1.54, 1.807) is 0 Å². The molecular weight excluding hydrogens is 492 g/mol. The molecule has 0 radical (unpaired) electrons. The van der Waals surface area contributed by atoms with Crippen LogP contribution in [0, 0.1) is 0 Å². The smallest absolute Gasteiger partial charge is 0.0541 e. The predicted octanol–water partition coefficient (Wildman–Crippen LogP) is 10.4. The van der Waals surface area contributed by atoms with Crippen LogP contribution in [0.1, 0.15) is 12.5 Å². The van der Waals surface area contributed by atoms with Gasteiger partial charge in [0.1, 0.15) is 0 Å². The van der Waals surface area contributed by atoms with Gasteiger partial charge in [-0.1, -0.05) is 85.5 Å². The van der Waals surface area contributed by atoms with Gasteiger partial charge in [0.15, 0.2) is 0 Å². The van der Waals surface area contributed by atoms with E-state index in [-0.39, 0.29) is 0 Å². The molecule has 4 aromatic carbocycles. The molecule has 3 heteroatoms. The number of para-hydroxylation sites is 2. The minimum Gasteiger partial charge on any atom is -0.309 e. The molecule has 2 nitrogen and oxygen atoms in total. The second kappa shape index (κ2) is 9.54. The topological polar surface area (TPSA) is 17.8 Å². The Bertz CT molecular complexity index is 2050. The molecule has 3 aromatic heterocycles. The van der Waals surface area contributed by atoms with Gasteiger partial charge in [0.2, 0.25) is 0 Å². The van der Waals surface area contributed by atoms with Crippen molar-refractivity contribution in [2.75, 3.05) is 0 Å². The summed E-state index contributed by atoms with van der Waals surface area (Å²) in [6.07, 6.45) is 10.1. The number of hydrogen-bond acceptors (Lipinski definition) is 2. The highest BCUT2D eigenvalue weighted by Gasteiger charge is 2.13. The second-order valence-electron chi connectivity index (χ2n) is 9.76. The Balaban J connectivity index is 1.36. The predicted molar refractivity (Wildman–Crippen MR) is 170 cm³/mol. The molecule has 3 heterocycles. The van der Waals surface area contributed by atoms with E-state index < -0.39 is 0 Å². The Morgan fingerprint density at radius 1 is 0.795 bits per heavy atom. The van der Waals surface area contributed by atoms with Crippen molar-refractivity contribution in [2.45, 2.75) is 6.92 Å². The highest BCUT2D eigenvalue weighted by Crippen LogP contribution is 2.40. The number of hydrogen-bond donors (Lipinski definition) is 0. The van der Waals surface area contributed by atoms with Gasteiger partial charge in [-0.3, -0.25) is 4.98 Å². The zero-order valence-electron chi connectivity index (χ0n) is 21.6. The summed E-state index contributed by atoms with van der Waals surface area (Å²) in [6, 6.07) is 34.8. The lowest BCUT2D eigenvalue weighted by Gasteiger charge is -2.12. The number of benzene rings is 4. The number of thiophene rings is 1. The Hall–Kier alpha value is -4.73. The van der Waals surface area contributed by atoms with Gasteiger partial charge in [-0.15, -0.1) is 11.3 Å². The van der Waals surface area contributed by atoms with Crippen LogP contribution in [0.4, 0.5) is 0 Å². The monoisotopic (exact) mass is 518 g/mol. The zero-order valence-corrected chi connectivity index (χ0v) is 22.5. The van der Waals surface area contributed by atoms with Crippen LogP contribution in [-0.2, 0) is 0 Å². The minimum absolute atomic E-state index is 1.09. The molecule has 0 fully saturated rings. The molecule has 0 spiro atoms. The number of fused-ring (bicyclic) bond motifs is 6. The quantitative estimate of drug-likeness (QED) is 0.207. The van der Waals surface area contributed by atoms with Crippen LogP contribution in [0.5, 0.6) is 0 Å². The van der Waals surface area contributed by atoms with E-state index in [0.29, 0.717) is 0 Å². The molecule has 0 aliphatic heterocycles. The fourth-order valence-electron chi connectivity index (χ4n) is 5.63. The maximum atomic E-state index is 4.34. The molecule has 0 bridgehead atoms. The van der Waals surface area contributed by atoms with Crippen molar-refractivity contribution in [1.29, 1.82) is 0 Å². The molecule has 0 aliphatic rings. The van der Waals surface area contributed by atoms with Crippen LogP contribution in [0.15, 0.2) is 134 Å². The number of pyridine rings is 1. The number of rotatable bonds is 5. The van der Waals surface area contributed by atoms with Crippen LogP contribution >= 0.6 is 11.3 Å². The Morgan fingerprint density at radius 3 is 2.28 bits per heavy atom. The summed E-state index contributed by atoms with van der Waals surface area (Å²) in [6.45, 7) is 6.22. The Kier molecular flexibility index (Phi) is 5.72. The van der Waals surface area contributed by atoms with Crippen LogP contribution in [-0.4, -0.2) is 9.55 Å². The van der Waals surface area contributed by atoms with Crippen molar-refractivity contribution in [3.63, 3.8) is 0 Å². The van der Waals surface area contributed by atoms with Gasteiger partial charge < -0.3 is 4.57 Å². The van der Waals surface area contributed by atoms with Crippen LogP contribution < -0.4 is 0 Å². The highest BCUT2D eigenvalue weighted by molar-refractivity contribution is 7.26. The van der Waals surface area contributed by atoms with E-state index in [4.69, 9.17) is 0 Å². The van der Waals surface area contributed by atoms with Crippen LogP contribution in [0.3, 0.4) is 0 Å². The Morgan fingerprint density at radius 2 is 1.51 bits per heavy atom. The molecule has 0 saturated carbocycles. The van der Waals surface area contributed by atoms with E-state index in [0.717, 1.165) is 5.70 Å². The van der Waals surface area contributed by atoms with Gasteiger partial charge in [0.25, 0.3) is 0 Å². The van der Waals surface area contributed by atoms with E-state index >= 15 is 0 Å². The molecule has 186 valence electrons. The molecule has 0 amide bonds. The number of nitrogens with zero attached hydrogens (tertiary/aromatic N) is 2. The Labute approximate surface area is 231 Å². The lowest BCUT2D eigenvalue weighted by molar-refractivity contribution is 1.24. The molecule has 0 unspecified atom stereocenters. The van der Waals surface area contributed by atoms with E-state index in [1.807, 2.05) is 29.8 Å². The molecule has 7 aromatic rings. The SMILES string of the molecule is C=C/C=C(\C=C(/C)c1cccc(-c2cccc3c2sc2cnccc23)c1)n1c2ccccc2c2ccccc21. The average molecular weight is 519 g/mol. The molecule has 39 heavy (non-hydrogen) atoms. The lowest BCUT2D eigenvalue weighted by Crippen LogP contribution is -1.95. The van der Waals surface area contributed by atoms with E-state index in [2.05, 4.69) is 132 Å². The van der Waals surface area contributed by atoms with Crippen LogP contribution in [0.2, 0.25) is 0 Å². The average Bonchev–Trinajstić information content (AvgIpc) is 3.53. The molecule has 0 saturated heterocycles. The van der Waals surface area contributed by atoms with Crippen LogP contribution in [0.25, 0.3) is 64.4 Å². The van der Waals surface area contributed by atoms with Crippen molar-refractivity contribution in [3.8, 4) is 11.1 Å². The third-order valence-corrected chi connectivity index (χ3v) is 8.61. The first kappa shape index (κ1) is 23.4. The summed E-state index contributed by atoms with van der Waals surface area (Å²) >= 11 is 1.81. The normalized spacial score (nSPS) is 12.6. The summed E-state index contributed by atoms with van der Waals surface area (Å²) in [4.78, 5) is 4.34. The maximum Gasteiger partial charge on any atom is 0.0541 e. The van der Waals surface area contributed by atoms with Crippen molar-refractivity contribution >= 4 is 64.6 Å². The van der Waals surface area contributed by atoms with Crippen molar-refractivity contribution < 1.29 is 0 Å². The second-order valence-corrected chi connectivity index (χ2v) is 10.8. The van der Waals surface area contributed by atoms with Gasteiger partial charge in [-0.25, -0.2) is 0 Å². The summed E-state index contributed by atoms with van der Waals surface area (Å²) in [5, 5.41) is 5.06. The summed E-state index contributed by atoms with van der Waals surface area (Å²) in [7, 11) is 0. The minimum atomic E-state index is 1.09. The first-order valence-corrected chi connectivity index (χ1v) is 13.9. The van der Waals surface area contributed by atoms with Crippen molar-refractivity contribution in [2.24, 2.45) is 0 Å². The van der Waals surface area contributed by atoms with Crippen molar-refractivity contribution in [1.82, 2.24) is 9.55 Å². The first-order chi connectivity index (χ1) is 19.2. The first-order valence-electron chi connectivity index (χ1n) is 13.1. The molecule has 0 atom stereocenters. The maximum absolute atomic E-state index is 4.34. The standard InChI is InChI=1S/C36H26N2S/c1-3-10-27(38-33-17-6-4-13-29(33)30-14-5-7-18-34(30)38)21-24(2)25-11-8-12-26(22-25)28-15-9-16-32-31-19-20-37-23-35(31)39-36(28)32/h3-23H,1H2,2H3/b24-21+,27-10+. The van der Waals surface area contributed by atoms with Gasteiger partial charge >= 0.3 is 0 Å². The van der Waals surface area contributed by atoms with Crippen molar-refractivity contribution in [3.05, 3.63) is 140 Å².